The third-order valence-corrected chi connectivity index (χ3v) is 3.40. The van der Waals surface area contributed by atoms with E-state index < -0.39 is 10.0 Å². The largest absolute Gasteiger partial charge is 0.381 e. The Bertz CT molecular complexity index is 439. The molecular weight excluding hydrogens is 242 g/mol. The van der Waals surface area contributed by atoms with Crippen LogP contribution < -0.4 is 4.72 Å². The molecule has 17 heavy (non-hydrogen) atoms. The van der Waals surface area contributed by atoms with E-state index in [0.29, 0.717) is 12.4 Å². The van der Waals surface area contributed by atoms with Crippen molar-refractivity contribution >= 4 is 15.8 Å². The average molecular weight is 261 g/mol. The van der Waals surface area contributed by atoms with Crippen LogP contribution in [0.25, 0.3) is 0 Å². The number of nitrogens with one attached hydrogen (secondary N) is 2. The molecule has 0 amide bonds. The molecule has 1 aromatic rings. The number of aromatic amines is 1. The second-order valence-electron chi connectivity index (χ2n) is 3.98. The second-order valence-corrected chi connectivity index (χ2v) is 5.82. The van der Waals surface area contributed by atoms with Gasteiger partial charge in [0.2, 0.25) is 10.0 Å². The predicted octanol–water partition coefficient (Wildman–Crippen LogP) is 1.31. The van der Waals surface area contributed by atoms with E-state index in [1.165, 1.54) is 0 Å². The number of hydrogen-bond acceptors (Lipinski definition) is 4. The lowest BCUT2D eigenvalue weighted by atomic mass is 10.1. The van der Waals surface area contributed by atoms with Crippen molar-refractivity contribution in [1.29, 1.82) is 0 Å². The van der Waals surface area contributed by atoms with E-state index in [0.717, 1.165) is 5.69 Å². The van der Waals surface area contributed by atoms with Crippen LogP contribution in [0.2, 0.25) is 0 Å². The minimum absolute atomic E-state index is 0.0648. The Labute approximate surface area is 102 Å². The maximum Gasteiger partial charge on any atom is 0.236 e. The fraction of sp³-hybridized carbons (Fsp3) is 0.700. The lowest BCUT2D eigenvalue weighted by molar-refractivity contribution is 0.163. The maximum atomic E-state index is 11.6. The van der Waals surface area contributed by atoms with Crippen molar-refractivity contribution < 1.29 is 13.2 Å². The third-order valence-electron chi connectivity index (χ3n) is 2.18. The Morgan fingerprint density at radius 3 is 2.76 bits per heavy atom. The van der Waals surface area contributed by atoms with Crippen molar-refractivity contribution in [3.63, 3.8) is 0 Å². The van der Waals surface area contributed by atoms with Crippen LogP contribution in [0.15, 0.2) is 6.07 Å². The van der Waals surface area contributed by atoms with E-state index in [1.807, 2.05) is 20.8 Å². The fourth-order valence-corrected chi connectivity index (χ4v) is 2.07. The number of rotatable bonds is 7. The normalized spacial score (nSPS) is 12.0. The number of nitrogens with zero attached hydrogens (tertiary/aromatic N) is 1. The van der Waals surface area contributed by atoms with Gasteiger partial charge in [0.1, 0.15) is 0 Å². The number of H-pyrrole nitrogens is 1. The number of ether oxygens (including phenoxy) is 1. The highest BCUT2D eigenvalue weighted by molar-refractivity contribution is 7.92. The van der Waals surface area contributed by atoms with Crippen molar-refractivity contribution in [1.82, 2.24) is 10.2 Å². The lowest BCUT2D eigenvalue weighted by Crippen LogP contribution is -2.20. The molecule has 0 unspecified atom stereocenters. The third kappa shape index (κ3) is 4.74. The first-order chi connectivity index (χ1) is 7.94. The van der Waals surface area contributed by atoms with Crippen LogP contribution in [-0.4, -0.2) is 37.6 Å². The van der Waals surface area contributed by atoms with Gasteiger partial charge in [0, 0.05) is 18.4 Å². The quantitative estimate of drug-likeness (QED) is 0.725. The first-order valence-corrected chi connectivity index (χ1v) is 7.23. The van der Waals surface area contributed by atoms with Gasteiger partial charge in [-0.1, -0.05) is 13.8 Å². The van der Waals surface area contributed by atoms with Gasteiger partial charge in [0.15, 0.2) is 5.82 Å². The molecule has 0 bridgehead atoms. The topological polar surface area (TPSA) is 84.1 Å². The molecule has 6 nitrogen and oxygen atoms in total. The van der Waals surface area contributed by atoms with Crippen LogP contribution in [-0.2, 0) is 14.8 Å². The van der Waals surface area contributed by atoms with Gasteiger partial charge in [0.25, 0.3) is 0 Å². The number of sulfonamides is 1. The summed E-state index contributed by atoms with van der Waals surface area (Å²) in [4.78, 5) is 0. The van der Waals surface area contributed by atoms with Crippen LogP contribution in [0, 0.1) is 0 Å². The summed E-state index contributed by atoms with van der Waals surface area (Å²) in [6.45, 7) is 6.52. The molecule has 1 aromatic heterocycles. The molecule has 0 aliphatic rings. The molecule has 1 heterocycles. The van der Waals surface area contributed by atoms with Crippen LogP contribution in [0.1, 0.15) is 32.4 Å². The summed E-state index contributed by atoms with van der Waals surface area (Å²) in [6, 6.07) is 1.70. The Hall–Kier alpha value is -1.08. The molecule has 0 aliphatic carbocycles. The van der Waals surface area contributed by atoms with Crippen LogP contribution >= 0.6 is 0 Å². The van der Waals surface area contributed by atoms with Crippen molar-refractivity contribution in [3.8, 4) is 0 Å². The summed E-state index contributed by atoms with van der Waals surface area (Å²) in [6.07, 6.45) is 0. The SMILES string of the molecule is CCOCCS(=O)(=O)Nc1cc(C(C)C)[nH]n1. The van der Waals surface area contributed by atoms with Crippen molar-refractivity contribution in [2.24, 2.45) is 0 Å². The Kier molecular flexibility index (Phi) is 4.95. The van der Waals surface area contributed by atoms with E-state index in [-0.39, 0.29) is 18.3 Å². The molecule has 0 radical (unpaired) electrons. The number of anilines is 1. The highest BCUT2D eigenvalue weighted by Gasteiger charge is 2.13. The van der Waals surface area contributed by atoms with Gasteiger partial charge in [-0.3, -0.25) is 9.82 Å². The summed E-state index contributed by atoms with van der Waals surface area (Å²) in [5, 5.41) is 6.68. The minimum Gasteiger partial charge on any atom is -0.381 e. The Balaban J connectivity index is 2.57. The highest BCUT2D eigenvalue weighted by Crippen LogP contribution is 2.15. The summed E-state index contributed by atoms with van der Waals surface area (Å²) >= 11 is 0. The van der Waals surface area contributed by atoms with Crippen LogP contribution in [0.4, 0.5) is 5.82 Å². The molecule has 0 saturated carbocycles. The Morgan fingerprint density at radius 2 is 2.24 bits per heavy atom. The summed E-state index contributed by atoms with van der Waals surface area (Å²) < 4.78 is 30.6. The second kappa shape index (κ2) is 6.02. The van der Waals surface area contributed by atoms with Gasteiger partial charge in [-0.15, -0.1) is 0 Å². The molecule has 0 spiro atoms. The monoisotopic (exact) mass is 261 g/mol. The zero-order valence-electron chi connectivity index (χ0n) is 10.4. The summed E-state index contributed by atoms with van der Waals surface area (Å²) in [5.74, 6) is 0.541. The molecule has 7 heteroatoms. The molecule has 0 saturated heterocycles. The lowest BCUT2D eigenvalue weighted by Gasteiger charge is -2.04. The van der Waals surface area contributed by atoms with E-state index in [9.17, 15) is 8.42 Å². The first kappa shape index (κ1) is 14.0. The minimum atomic E-state index is -3.38. The first-order valence-electron chi connectivity index (χ1n) is 5.58. The van der Waals surface area contributed by atoms with Gasteiger partial charge >= 0.3 is 0 Å². The maximum absolute atomic E-state index is 11.6. The molecule has 98 valence electrons. The van der Waals surface area contributed by atoms with E-state index in [4.69, 9.17) is 4.74 Å². The molecule has 0 aromatic carbocycles. The van der Waals surface area contributed by atoms with Crippen molar-refractivity contribution in [3.05, 3.63) is 11.8 Å². The molecular formula is C10H19N3O3S. The zero-order chi connectivity index (χ0) is 12.9. The average Bonchev–Trinajstić information content (AvgIpc) is 2.65. The van der Waals surface area contributed by atoms with Crippen molar-refractivity contribution in [2.75, 3.05) is 23.7 Å². The standard InChI is InChI=1S/C10H19N3O3S/c1-4-16-5-6-17(14,15)13-10-7-9(8(2)3)11-12-10/h7-8H,4-6H2,1-3H3,(H2,11,12,13). The van der Waals surface area contributed by atoms with E-state index >= 15 is 0 Å². The van der Waals surface area contributed by atoms with Gasteiger partial charge in [-0.25, -0.2) is 8.42 Å². The van der Waals surface area contributed by atoms with Gasteiger partial charge < -0.3 is 4.74 Å². The molecule has 0 fully saturated rings. The highest BCUT2D eigenvalue weighted by atomic mass is 32.2. The van der Waals surface area contributed by atoms with Gasteiger partial charge in [-0.05, 0) is 12.8 Å². The van der Waals surface area contributed by atoms with E-state index in [1.54, 1.807) is 6.07 Å². The molecule has 2 N–H and O–H groups in total. The Morgan fingerprint density at radius 1 is 1.53 bits per heavy atom. The van der Waals surface area contributed by atoms with Crippen LogP contribution in [0.5, 0.6) is 0 Å². The summed E-state index contributed by atoms with van der Waals surface area (Å²) in [7, 11) is -3.38. The van der Waals surface area contributed by atoms with E-state index in [2.05, 4.69) is 14.9 Å². The fourth-order valence-electron chi connectivity index (χ4n) is 1.21. The smallest absolute Gasteiger partial charge is 0.236 e. The van der Waals surface area contributed by atoms with Gasteiger partial charge in [0.05, 0.1) is 12.4 Å². The predicted molar refractivity (Wildman–Crippen MR) is 66.6 cm³/mol. The van der Waals surface area contributed by atoms with Crippen LogP contribution in [0.3, 0.4) is 0 Å². The van der Waals surface area contributed by atoms with Crippen molar-refractivity contribution in [2.45, 2.75) is 26.7 Å². The molecule has 0 atom stereocenters. The zero-order valence-corrected chi connectivity index (χ0v) is 11.2. The van der Waals surface area contributed by atoms with Gasteiger partial charge in [-0.2, -0.15) is 5.10 Å². The number of aromatic nitrogens is 2. The summed E-state index contributed by atoms with van der Waals surface area (Å²) in [5.41, 5.74) is 0.896. The number of hydrogen-bond donors (Lipinski definition) is 2. The molecule has 0 aliphatic heterocycles. The molecule has 1 rings (SSSR count).